The molecule has 0 aliphatic rings. The summed E-state index contributed by atoms with van der Waals surface area (Å²) in [6, 6.07) is 6.86. The number of ether oxygens (including phenoxy) is 1. The van der Waals surface area contributed by atoms with Crippen molar-refractivity contribution in [2.45, 2.75) is 4.21 Å². The number of nitrogens with one attached hydrogen (secondary N) is 1. The zero-order valence-electron chi connectivity index (χ0n) is 11.2. The molecule has 0 fully saturated rings. The van der Waals surface area contributed by atoms with E-state index >= 15 is 0 Å². The van der Waals surface area contributed by atoms with Crippen LogP contribution in [0.5, 0.6) is 5.75 Å². The predicted molar refractivity (Wildman–Crippen MR) is 78.4 cm³/mol. The monoisotopic (exact) mass is 345 g/mol. The highest BCUT2D eigenvalue weighted by Gasteiger charge is 2.18. The van der Waals surface area contributed by atoms with Gasteiger partial charge in [-0.05, 0) is 18.2 Å². The van der Waals surface area contributed by atoms with Crippen LogP contribution in [0.1, 0.15) is 10.4 Å². The number of halogens is 1. The zero-order valence-corrected chi connectivity index (χ0v) is 12.8. The second-order valence-electron chi connectivity index (χ2n) is 4.14. The highest BCUT2D eigenvalue weighted by Crippen LogP contribution is 2.20. The van der Waals surface area contributed by atoms with Crippen LogP contribution >= 0.6 is 11.3 Å². The molecule has 1 heterocycles. The standard InChI is InChI=1S/C13H12FNO5S2/c14-10-3-1-2-4-11(10)20-6-5-15-22(18,19)12-7-9(8-21-12)13(16)17/h1-4,7-8,15H,5-6H2,(H,16,17). The molecular formula is C13H12FNO5S2. The van der Waals surface area contributed by atoms with Gasteiger partial charge in [-0.1, -0.05) is 12.1 Å². The Balaban J connectivity index is 1.90. The van der Waals surface area contributed by atoms with Crippen molar-refractivity contribution in [1.29, 1.82) is 0 Å². The van der Waals surface area contributed by atoms with Gasteiger partial charge in [-0.25, -0.2) is 22.3 Å². The number of carbonyl (C=O) groups is 1. The first-order valence-electron chi connectivity index (χ1n) is 6.09. The van der Waals surface area contributed by atoms with Gasteiger partial charge in [-0.3, -0.25) is 0 Å². The Kier molecular flexibility index (Phi) is 5.11. The summed E-state index contributed by atoms with van der Waals surface area (Å²) in [6.07, 6.45) is 0. The SMILES string of the molecule is O=C(O)c1csc(S(=O)(=O)NCCOc2ccccc2F)c1. The summed E-state index contributed by atoms with van der Waals surface area (Å²) in [7, 11) is -3.81. The Morgan fingerprint density at radius 1 is 1.36 bits per heavy atom. The predicted octanol–water partition coefficient (Wildman–Crippen LogP) is 1.94. The first-order valence-corrected chi connectivity index (χ1v) is 8.45. The minimum atomic E-state index is -3.81. The van der Waals surface area contributed by atoms with E-state index in [2.05, 4.69) is 4.72 Å². The van der Waals surface area contributed by atoms with Crippen molar-refractivity contribution in [3.63, 3.8) is 0 Å². The van der Waals surface area contributed by atoms with Crippen LogP contribution in [-0.4, -0.2) is 32.6 Å². The van der Waals surface area contributed by atoms with Crippen LogP contribution < -0.4 is 9.46 Å². The Morgan fingerprint density at radius 2 is 2.09 bits per heavy atom. The van der Waals surface area contributed by atoms with Crippen LogP contribution in [0.15, 0.2) is 39.9 Å². The molecule has 0 unspecified atom stereocenters. The van der Waals surface area contributed by atoms with E-state index in [1.54, 1.807) is 6.07 Å². The molecule has 0 spiro atoms. The number of rotatable bonds is 7. The van der Waals surface area contributed by atoms with Gasteiger partial charge in [0.05, 0.1) is 5.56 Å². The molecule has 0 bridgehead atoms. The summed E-state index contributed by atoms with van der Waals surface area (Å²) in [5.41, 5.74) is -0.0898. The van der Waals surface area contributed by atoms with E-state index in [1.165, 1.54) is 23.6 Å². The molecule has 2 aromatic rings. The first-order chi connectivity index (χ1) is 10.4. The maximum absolute atomic E-state index is 13.3. The molecule has 22 heavy (non-hydrogen) atoms. The average molecular weight is 345 g/mol. The molecule has 0 saturated heterocycles. The zero-order chi connectivity index (χ0) is 16.2. The van der Waals surface area contributed by atoms with Crippen LogP contribution in [0.4, 0.5) is 4.39 Å². The fraction of sp³-hybridized carbons (Fsp3) is 0.154. The molecule has 2 rings (SSSR count). The lowest BCUT2D eigenvalue weighted by atomic mass is 10.3. The molecule has 0 amide bonds. The number of hydrogen-bond acceptors (Lipinski definition) is 5. The lowest BCUT2D eigenvalue weighted by molar-refractivity contribution is 0.0697. The fourth-order valence-corrected chi connectivity index (χ4v) is 3.75. The minimum absolute atomic E-state index is 0.0333. The summed E-state index contributed by atoms with van der Waals surface area (Å²) in [6.45, 7) is -0.131. The second-order valence-corrected chi connectivity index (χ2v) is 7.04. The van der Waals surface area contributed by atoms with Crippen molar-refractivity contribution in [3.05, 3.63) is 47.1 Å². The Bertz CT molecular complexity index is 772. The van der Waals surface area contributed by atoms with Gasteiger partial charge in [0.2, 0.25) is 10.0 Å². The molecule has 0 saturated carbocycles. The summed E-state index contributed by atoms with van der Waals surface area (Å²) in [5, 5.41) is 10.0. The van der Waals surface area contributed by atoms with Gasteiger partial charge in [-0.2, -0.15) is 0 Å². The lowest BCUT2D eigenvalue weighted by Gasteiger charge is -2.08. The van der Waals surface area contributed by atoms with Crippen molar-refractivity contribution in [3.8, 4) is 5.75 Å². The summed E-state index contributed by atoms with van der Waals surface area (Å²) in [4.78, 5) is 10.7. The molecular weight excluding hydrogens is 333 g/mol. The largest absolute Gasteiger partial charge is 0.489 e. The fourth-order valence-electron chi connectivity index (χ4n) is 1.54. The number of benzene rings is 1. The third kappa shape index (κ3) is 4.03. The van der Waals surface area contributed by atoms with E-state index in [0.29, 0.717) is 0 Å². The van der Waals surface area contributed by atoms with Gasteiger partial charge in [0.1, 0.15) is 10.8 Å². The normalized spacial score (nSPS) is 11.3. The number of carboxylic acids is 1. The topological polar surface area (TPSA) is 92.7 Å². The van der Waals surface area contributed by atoms with Crippen LogP contribution in [0.2, 0.25) is 0 Å². The number of sulfonamides is 1. The number of thiophene rings is 1. The third-order valence-electron chi connectivity index (χ3n) is 2.58. The maximum Gasteiger partial charge on any atom is 0.336 e. The van der Waals surface area contributed by atoms with Gasteiger partial charge in [0, 0.05) is 11.9 Å². The van der Waals surface area contributed by atoms with E-state index in [-0.39, 0.29) is 28.7 Å². The first kappa shape index (κ1) is 16.4. The average Bonchev–Trinajstić information content (AvgIpc) is 2.96. The summed E-state index contributed by atoms with van der Waals surface area (Å²) in [5.74, 6) is -1.69. The lowest BCUT2D eigenvalue weighted by Crippen LogP contribution is -2.27. The van der Waals surface area contributed by atoms with Crippen LogP contribution in [0.3, 0.4) is 0 Å². The van der Waals surface area contributed by atoms with Crippen molar-refractivity contribution < 1.29 is 27.4 Å². The van der Waals surface area contributed by atoms with Crippen LogP contribution in [-0.2, 0) is 10.0 Å². The van der Waals surface area contributed by atoms with Crippen LogP contribution in [0, 0.1) is 5.82 Å². The molecule has 118 valence electrons. The van der Waals surface area contributed by atoms with Gasteiger partial charge in [-0.15, -0.1) is 11.3 Å². The smallest absolute Gasteiger partial charge is 0.336 e. The van der Waals surface area contributed by atoms with Crippen molar-refractivity contribution in [2.75, 3.05) is 13.2 Å². The van der Waals surface area contributed by atoms with Crippen molar-refractivity contribution in [2.24, 2.45) is 0 Å². The molecule has 0 aliphatic heterocycles. The van der Waals surface area contributed by atoms with Crippen molar-refractivity contribution in [1.82, 2.24) is 4.72 Å². The third-order valence-corrected chi connectivity index (χ3v) is 5.48. The van der Waals surface area contributed by atoms with E-state index < -0.39 is 21.8 Å². The molecule has 2 N–H and O–H groups in total. The Labute approximate surface area is 130 Å². The van der Waals surface area contributed by atoms with E-state index in [1.807, 2.05) is 0 Å². The van der Waals surface area contributed by atoms with E-state index in [0.717, 1.165) is 17.4 Å². The summed E-state index contributed by atoms with van der Waals surface area (Å²) < 4.78 is 44.4. The van der Waals surface area contributed by atoms with Crippen LogP contribution in [0.25, 0.3) is 0 Å². The summed E-state index contributed by atoms with van der Waals surface area (Å²) >= 11 is 0.810. The van der Waals surface area contributed by atoms with E-state index in [4.69, 9.17) is 9.84 Å². The molecule has 0 atom stereocenters. The molecule has 6 nitrogen and oxygen atoms in total. The molecule has 0 aliphatic carbocycles. The maximum atomic E-state index is 13.3. The second kappa shape index (κ2) is 6.86. The number of carboxylic acid groups (broad SMARTS) is 1. The highest BCUT2D eigenvalue weighted by molar-refractivity contribution is 7.91. The van der Waals surface area contributed by atoms with Crippen molar-refractivity contribution >= 4 is 27.3 Å². The Morgan fingerprint density at radius 3 is 2.73 bits per heavy atom. The minimum Gasteiger partial charge on any atom is -0.489 e. The van der Waals surface area contributed by atoms with Gasteiger partial charge >= 0.3 is 5.97 Å². The molecule has 0 radical (unpaired) electrons. The Hall–Kier alpha value is -1.97. The quantitative estimate of drug-likeness (QED) is 0.748. The number of para-hydroxylation sites is 1. The molecule has 9 heteroatoms. The molecule has 1 aromatic carbocycles. The van der Waals surface area contributed by atoms with Gasteiger partial charge in [0.25, 0.3) is 0 Å². The van der Waals surface area contributed by atoms with Gasteiger partial charge < -0.3 is 9.84 Å². The number of aromatic carboxylic acids is 1. The number of hydrogen-bond donors (Lipinski definition) is 2. The highest BCUT2D eigenvalue weighted by atomic mass is 32.2. The van der Waals surface area contributed by atoms with Gasteiger partial charge in [0.15, 0.2) is 11.6 Å². The van der Waals surface area contributed by atoms with E-state index in [9.17, 15) is 17.6 Å². The molecule has 1 aromatic heterocycles.